The summed E-state index contributed by atoms with van der Waals surface area (Å²) >= 11 is 0. The third-order valence-electron chi connectivity index (χ3n) is 1.25. The van der Waals surface area contributed by atoms with E-state index in [1.807, 2.05) is 6.92 Å². The van der Waals surface area contributed by atoms with E-state index in [9.17, 15) is 9.36 Å². The van der Waals surface area contributed by atoms with Gasteiger partial charge in [-0.05, 0) is 12.5 Å². The number of hydrogen-bond donors (Lipinski definition) is 0. The molecule has 0 spiro atoms. The molecule has 0 aliphatic rings. The summed E-state index contributed by atoms with van der Waals surface area (Å²) in [5.74, 6) is 0. The van der Waals surface area contributed by atoms with Crippen LogP contribution in [0.25, 0.3) is 0 Å². The summed E-state index contributed by atoms with van der Waals surface area (Å²) in [6, 6.07) is 0. The molecule has 0 aliphatic carbocycles. The first-order chi connectivity index (χ1) is 5.60. The molecular formula is C7H13O4P. The van der Waals surface area contributed by atoms with Crippen LogP contribution in [0.5, 0.6) is 0 Å². The maximum Gasteiger partial charge on any atom is 0.400 e. The highest BCUT2D eigenvalue weighted by Gasteiger charge is 2.29. The number of carbonyl (C=O) groups excluding carboxylic acids is 1. The second-order valence-corrected chi connectivity index (χ2v) is 4.18. The van der Waals surface area contributed by atoms with Gasteiger partial charge in [0.1, 0.15) is 0 Å². The minimum absolute atomic E-state index is 0.616. The van der Waals surface area contributed by atoms with Crippen LogP contribution in [0, 0.1) is 0 Å². The molecule has 0 radical (unpaired) electrons. The summed E-state index contributed by atoms with van der Waals surface area (Å²) in [6.45, 7) is 1.87. The number of allylic oxidation sites excluding steroid dienone is 2. The summed E-state index contributed by atoms with van der Waals surface area (Å²) in [5, 5.41) is 0. The molecule has 0 aromatic carbocycles. The zero-order chi connectivity index (χ0) is 9.61. The minimum Gasteiger partial charge on any atom is -0.306 e. The first kappa shape index (κ1) is 11.6. The lowest BCUT2D eigenvalue weighted by atomic mass is 10.4. The van der Waals surface area contributed by atoms with Gasteiger partial charge in [0.15, 0.2) is 0 Å². The van der Waals surface area contributed by atoms with Crippen molar-refractivity contribution in [3.05, 3.63) is 12.2 Å². The summed E-state index contributed by atoms with van der Waals surface area (Å²) in [7, 11) is -1.16. The Morgan fingerprint density at radius 1 is 1.42 bits per heavy atom. The number of carbonyl (C=O) groups is 1. The molecule has 12 heavy (non-hydrogen) atoms. The fraction of sp³-hybridized carbons (Fsp3) is 0.571. The van der Waals surface area contributed by atoms with Crippen LogP contribution in [-0.2, 0) is 18.4 Å². The molecular weight excluding hydrogens is 179 g/mol. The highest BCUT2D eigenvalue weighted by Crippen LogP contribution is 2.47. The van der Waals surface area contributed by atoms with Crippen molar-refractivity contribution in [1.29, 1.82) is 0 Å². The maximum absolute atomic E-state index is 11.3. The van der Waals surface area contributed by atoms with Crippen molar-refractivity contribution in [2.24, 2.45) is 0 Å². The van der Waals surface area contributed by atoms with E-state index < -0.39 is 13.1 Å². The molecule has 70 valence electrons. The lowest BCUT2D eigenvalue weighted by Gasteiger charge is -2.08. The monoisotopic (exact) mass is 192 g/mol. The van der Waals surface area contributed by atoms with Gasteiger partial charge in [0, 0.05) is 14.2 Å². The first-order valence-electron chi connectivity index (χ1n) is 3.53. The van der Waals surface area contributed by atoms with E-state index in [1.54, 1.807) is 6.08 Å². The topological polar surface area (TPSA) is 52.6 Å². The van der Waals surface area contributed by atoms with E-state index in [0.717, 1.165) is 0 Å². The molecule has 0 heterocycles. The Bertz CT molecular complexity index is 213. The summed E-state index contributed by atoms with van der Waals surface area (Å²) in [4.78, 5) is 11.1. The van der Waals surface area contributed by atoms with Gasteiger partial charge in [0.25, 0.3) is 5.52 Å². The average molecular weight is 192 g/mol. The fourth-order valence-corrected chi connectivity index (χ4v) is 1.36. The number of hydrogen-bond acceptors (Lipinski definition) is 4. The van der Waals surface area contributed by atoms with E-state index >= 15 is 0 Å². The third kappa shape index (κ3) is 2.89. The lowest BCUT2D eigenvalue weighted by Crippen LogP contribution is -1.99. The van der Waals surface area contributed by atoms with Crippen LogP contribution in [0.4, 0.5) is 0 Å². The third-order valence-corrected chi connectivity index (χ3v) is 2.90. The van der Waals surface area contributed by atoms with Gasteiger partial charge in [-0.15, -0.1) is 0 Å². The molecule has 0 rings (SSSR count). The lowest BCUT2D eigenvalue weighted by molar-refractivity contribution is -0.109. The van der Waals surface area contributed by atoms with Gasteiger partial charge < -0.3 is 9.05 Å². The molecule has 0 aromatic heterocycles. The van der Waals surface area contributed by atoms with Gasteiger partial charge in [-0.3, -0.25) is 9.36 Å². The summed E-state index contributed by atoms with van der Waals surface area (Å²) in [5.41, 5.74) is -0.616. The van der Waals surface area contributed by atoms with Crippen molar-refractivity contribution in [2.45, 2.75) is 13.3 Å². The van der Waals surface area contributed by atoms with Crippen molar-refractivity contribution >= 4 is 13.1 Å². The van der Waals surface area contributed by atoms with E-state index in [2.05, 4.69) is 9.05 Å². The van der Waals surface area contributed by atoms with Crippen molar-refractivity contribution in [3.8, 4) is 0 Å². The van der Waals surface area contributed by atoms with Crippen LogP contribution in [0.2, 0.25) is 0 Å². The van der Waals surface area contributed by atoms with Gasteiger partial charge in [-0.25, -0.2) is 0 Å². The SMILES string of the molecule is CC/C=C/C(=O)P(=O)(OC)OC. The second-order valence-electron chi connectivity index (χ2n) is 2.01. The molecule has 0 bridgehead atoms. The van der Waals surface area contributed by atoms with Crippen molar-refractivity contribution in [1.82, 2.24) is 0 Å². The summed E-state index contributed by atoms with van der Waals surface area (Å²) in [6.07, 6.45) is 3.53. The molecule has 0 amide bonds. The van der Waals surface area contributed by atoms with Crippen LogP contribution >= 0.6 is 7.60 Å². The maximum atomic E-state index is 11.3. The van der Waals surface area contributed by atoms with Crippen LogP contribution in [0.3, 0.4) is 0 Å². The highest BCUT2D eigenvalue weighted by molar-refractivity contribution is 7.72. The second kappa shape index (κ2) is 5.25. The molecule has 4 nitrogen and oxygen atoms in total. The predicted molar refractivity (Wildman–Crippen MR) is 46.1 cm³/mol. The van der Waals surface area contributed by atoms with Crippen LogP contribution in [-0.4, -0.2) is 19.7 Å². The normalized spacial score (nSPS) is 12.2. The molecule has 0 saturated carbocycles. The molecule has 0 atom stereocenters. The predicted octanol–water partition coefficient (Wildman–Crippen LogP) is 1.97. The van der Waals surface area contributed by atoms with E-state index in [-0.39, 0.29) is 0 Å². The summed E-state index contributed by atoms with van der Waals surface area (Å²) < 4.78 is 20.3. The quantitative estimate of drug-likeness (QED) is 0.493. The molecule has 0 fully saturated rings. The largest absolute Gasteiger partial charge is 0.400 e. The van der Waals surface area contributed by atoms with E-state index in [0.29, 0.717) is 6.42 Å². The first-order valence-corrected chi connectivity index (χ1v) is 5.07. The van der Waals surface area contributed by atoms with Gasteiger partial charge in [-0.2, -0.15) is 0 Å². The minimum atomic E-state index is -3.53. The Hall–Kier alpha value is -0.440. The van der Waals surface area contributed by atoms with Gasteiger partial charge in [-0.1, -0.05) is 13.0 Å². The zero-order valence-electron chi connectivity index (χ0n) is 7.44. The number of rotatable bonds is 5. The Kier molecular flexibility index (Phi) is 5.06. The van der Waals surface area contributed by atoms with Gasteiger partial charge in [0.05, 0.1) is 0 Å². The molecule has 0 aromatic rings. The van der Waals surface area contributed by atoms with Gasteiger partial charge >= 0.3 is 7.60 Å². The van der Waals surface area contributed by atoms with Crippen molar-refractivity contribution in [3.63, 3.8) is 0 Å². The Balaban J connectivity index is 4.44. The smallest absolute Gasteiger partial charge is 0.306 e. The van der Waals surface area contributed by atoms with Crippen molar-refractivity contribution in [2.75, 3.05) is 14.2 Å². The Labute approximate surface area is 72.1 Å². The molecule has 0 unspecified atom stereocenters. The molecule has 0 saturated heterocycles. The van der Waals surface area contributed by atoms with E-state index in [1.165, 1.54) is 20.3 Å². The average Bonchev–Trinajstić information content (AvgIpc) is 2.12. The molecule has 0 N–H and O–H groups in total. The Morgan fingerprint density at radius 3 is 2.25 bits per heavy atom. The standard InChI is InChI=1S/C7H13O4P/c1-4-5-6-7(8)12(9,10-2)11-3/h5-6H,4H2,1-3H3/b6-5+. The van der Waals surface area contributed by atoms with Crippen molar-refractivity contribution < 1.29 is 18.4 Å². The van der Waals surface area contributed by atoms with Crippen LogP contribution in [0.15, 0.2) is 12.2 Å². The Morgan fingerprint density at radius 2 is 1.92 bits per heavy atom. The van der Waals surface area contributed by atoms with Gasteiger partial charge in [0.2, 0.25) is 0 Å². The molecule has 5 heteroatoms. The fourth-order valence-electron chi connectivity index (χ4n) is 0.564. The van der Waals surface area contributed by atoms with Crippen LogP contribution < -0.4 is 0 Å². The van der Waals surface area contributed by atoms with Crippen LogP contribution in [0.1, 0.15) is 13.3 Å². The highest BCUT2D eigenvalue weighted by atomic mass is 31.2. The molecule has 0 aliphatic heterocycles. The zero-order valence-corrected chi connectivity index (χ0v) is 8.34. The van der Waals surface area contributed by atoms with E-state index in [4.69, 9.17) is 0 Å².